The second kappa shape index (κ2) is 6.46. The van der Waals surface area contributed by atoms with Crippen molar-refractivity contribution in [3.05, 3.63) is 64.4 Å². The Morgan fingerprint density at radius 3 is 3.00 bits per heavy atom. The molecule has 1 aliphatic heterocycles. The molecule has 4 rings (SSSR count). The molecule has 5 nitrogen and oxygen atoms in total. The summed E-state index contributed by atoms with van der Waals surface area (Å²) in [4.78, 5) is 16.5. The lowest BCUT2D eigenvalue weighted by Crippen LogP contribution is -2.28. The van der Waals surface area contributed by atoms with Gasteiger partial charge in [-0.1, -0.05) is 41.6 Å². The van der Waals surface area contributed by atoms with Crippen LogP contribution in [-0.4, -0.2) is 20.8 Å². The number of carbonyl (C=O) groups excluding carboxylic acids is 1. The van der Waals surface area contributed by atoms with Crippen molar-refractivity contribution in [3.63, 3.8) is 0 Å². The zero-order valence-corrected chi connectivity index (χ0v) is 14.9. The molecule has 0 saturated carbocycles. The van der Waals surface area contributed by atoms with Gasteiger partial charge in [0.1, 0.15) is 0 Å². The average Bonchev–Trinajstić information content (AvgIpc) is 3.13. The zero-order chi connectivity index (χ0) is 17.4. The molecule has 0 bridgehead atoms. The first-order valence-corrected chi connectivity index (χ1v) is 8.97. The summed E-state index contributed by atoms with van der Waals surface area (Å²) in [6.45, 7) is 0. The van der Waals surface area contributed by atoms with Crippen molar-refractivity contribution in [1.82, 2.24) is 14.9 Å². The predicted molar refractivity (Wildman–Crippen MR) is 103 cm³/mol. The number of fused-ring (bicyclic) bond motifs is 1. The fourth-order valence-electron chi connectivity index (χ4n) is 2.67. The van der Waals surface area contributed by atoms with E-state index in [-0.39, 0.29) is 5.91 Å². The number of amides is 1. The Bertz CT molecular complexity index is 998. The number of thioether (sulfide) groups is 1. The number of benzene rings is 2. The van der Waals surface area contributed by atoms with Crippen molar-refractivity contribution in [2.45, 2.75) is 5.37 Å². The second-order valence-electron chi connectivity index (χ2n) is 5.72. The van der Waals surface area contributed by atoms with Gasteiger partial charge in [0, 0.05) is 7.05 Å². The minimum Gasteiger partial charge on any atom is -0.364 e. The molecule has 3 aromatic rings. The number of nitrogens with zero attached hydrogens (tertiary/aromatic N) is 2. The normalized spacial score (nSPS) is 18.7. The minimum atomic E-state index is -0.411. The topological polar surface area (TPSA) is 59.0 Å². The van der Waals surface area contributed by atoms with Gasteiger partial charge >= 0.3 is 0 Å². The molecule has 2 N–H and O–H groups in total. The number of nitrogens with one attached hydrogen (secondary N) is 2. The molecule has 1 saturated heterocycles. The third-order valence-electron chi connectivity index (χ3n) is 3.94. The minimum absolute atomic E-state index is 0.0854. The van der Waals surface area contributed by atoms with Gasteiger partial charge < -0.3 is 15.2 Å². The second-order valence-corrected chi connectivity index (χ2v) is 7.28. The Kier molecular flexibility index (Phi) is 4.15. The Labute approximate surface area is 154 Å². The first kappa shape index (κ1) is 16.1. The van der Waals surface area contributed by atoms with Crippen molar-refractivity contribution in [1.29, 1.82) is 0 Å². The van der Waals surface area contributed by atoms with Crippen LogP contribution >= 0.6 is 23.4 Å². The molecule has 25 heavy (non-hydrogen) atoms. The Hall–Kier alpha value is -2.44. The van der Waals surface area contributed by atoms with Crippen LogP contribution in [0.5, 0.6) is 0 Å². The van der Waals surface area contributed by atoms with Gasteiger partial charge in [-0.15, -0.1) is 0 Å². The van der Waals surface area contributed by atoms with Crippen LogP contribution in [0.3, 0.4) is 0 Å². The summed E-state index contributed by atoms with van der Waals surface area (Å²) in [5, 5.41) is 7.06. The highest BCUT2D eigenvalue weighted by molar-refractivity contribution is 8.05. The van der Waals surface area contributed by atoms with Crippen molar-refractivity contribution in [3.8, 4) is 0 Å². The summed E-state index contributed by atoms with van der Waals surface area (Å²) in [5.41, 5.74) is 3.76. The lowest BCUT2D eigenvalue weighted by molar-refractivity contribution is -0.118. The fourth-order valence-corrected chi connectivity index (χ4v) is 3.83. The quantitative estimate of drug-likeness (QED) is 0.735. The van der Waals surface area contributed by atoms with Crippen LogP contribution in [0.1, 0.15) is 5.56 Å². The molecular formula is C18H15ClN4OS. The Morgan fingerprint density at radius 2 is 2.16 bits per heavy atom. The molecule has 0 radical (unpaired) electrons. The maximum Gasteiger partial charge on any atom is 0.258 e. The van der Waals surface area contributed by atoms with Crippen molar-refractivity contribution >= 4 is 52.1 Å². The number of aromatic nitrogens is 2. The van der Waals surface area contributed by atoms with Crippen LogP contribution in [0, 0.1) is 0 Å². The molecule has 1 aromatic heterocycles. The molecule has 1 amide bonds. The summed E-state index contributed by atoms with van der Waals surface area (Å²) in [7, 11) is 1.96. The SMILES string of the molecule is Cn1cnc2ccc(C=C3NC(=O)[C@H](Nc4ccccc4Cl)S3)cc21. The monoisotopic (exact) mass is 370 g/mol. The van der Waals surface area contributed by atoms with Gasteiger partial charge in [-0.3, -0.25) is 4.79 Å². The van der Waals surface area contributed by atoms with Crippen LogP contribution in [0.25, 0.3) is 17.1 Å². The van der Waals surface area contributed by atoms with Crippen LogP contribution in [-0.2, 0) is 11.8 Å². The van der Waals surface area contributed by atoms with Gasteiger partial charge in [0.2, 0.25) is 0 Å². The molecule has 2 aromatic carbocycles. The molecule has 1 aliphatic rings. The Balaban J connectivity index is 1.55. The van der Waals surface area contributed by atoms with E-state index < -0.39 is 5.37 Å². The van der Waals surface area contributed by atoms with Gasteiger partial charge in [-0.2, -0.15) is 0 Å². The highest BCUT2D eigenvalue weighted by atomic mass is 35.5. The van der Waals surface area contributed by atoms with E-state index in [4.69, 9.17) is 11.6 Å². The third-order valence-corrected chi connectivity index (χ3v) is 5.31. The average molecular weight is 371 g/mol. The highest BCUT2D eigenvalue weighted by Crippen LogP contribution is 2.32. The van der Waals surface area contributed by atoms with Crippen molar-refractivity contribution in [2.24, 2.45) is 7.05 Å². The van der Waals surface area contributed by atoms with E-state index >= 15 is 0 Å². The lowest BCUT2D eigenvalue weighted by Gasteiger charge is -2.11. The summed E-state index contributed by atoms with van der Waals surface area (Å²) >= 11 is 7.59. The van der Waals surface area contributed by atoms with Crippen LogP contribution in [0.2, 0.25) is 5.02 Å². The number of para-hydroxylation sites is 1. The molecule has 1 fully saturated rings. The highest BCUT2D eigenvalue weighted by Gasteiger charge is 2.29. The summed E-state index contributed by atoms with van der Waals surface area (Å²) < 4.78 is 1.97. The standard InChI is InChI=1S/C18H15ClN4OS/c1-23-10-20-14-7-6-11(8-15(14)23)9-16-22-17(24)18(25-16)21-13-5-3-2-4-12(13)19/h2-10,18,21H,1H3,(H,22,24)/t18-/m1/s1. The number of anilines is 1. The zero-order valence-electron chi connectivity index (χ0n) is 13.4. The van der Waals surface area contributed by atoms with Gasteiger partial charge in [-0.05, 0) is 35.9 Å². The number of hydrogen-bond acceptors (Lipinski definition) is 4. The molecule has 0 aliphatic carbocycles. The first-order valence-electron chi connectivity index (χ1n) is 7.71. The van der Waals surface area contributed by atoms with Crippen LogP contribution in [0.4, 0.5) is 5.69 Å². The molecule has 2 heterocycles. The van der Waals surface area contributed by atoms with E-state index in [0.29, 0.717) is 5.02 Å². The van der Waals surface area contributed by atoms with E-state index in [1.54, 1.807) is 12.4 Å². The van der Waals surface area contributed by atoms with Gasteiger partial charge in [-0.25, -0.2) is 4.98 Å². The van der Waals surface area contributed by atoms with E-state index in [1.807, 2.05) is 48.0 Å². The molecular weight excluding hydrogens is 356 g/mol. The number of carbonyl (C=O) groups is 1. The number of hydrogen-bond donors (Lipinski definition) is 2. The Morgan fingerprint density at radius 1 is 1.32 bits per heavy atom. The van der Waals surface area contributed by atoms with E-state index in [0.717, 1.165) is 27.3 Å². The van der Waals surface area contributed by atoms with Gasteiger partial charge in [0.05, 0.1) is 33.1 Å². The molecule has 0 unspecified atom stereocenters. The van der Waals surface area contributed by atoms with Crippen LogP contribution < -0.4 is 10.6 Å². The number of aryl methyl sites for hydroxylation is 1. The van der Waals surface area contributed by atoms with Crippen molar-refractivity contribution < 1.29 is 4.79 Å². The van der Waals surface area contributed by atoms with Gasteiger partial charge in [0.25, 0.3) is 5.91 Å². The van der Waals surface area contributed by atoms with Crippen molar-refractivity contribution in [2.75, 3.05) is 5.32 Å². The fraction of sp³-hybridized carbons (Fsp3) is 0.111. The summed E-state index contributed by atoms with van der Waals surface area (Å²) in [6, 6.07) is 13.4. The van der Waals surface area contributed by atoms with E-state index in [9.17, 15) is 4.79 Å². The van der Waals surface area contributed by atoms with E-state index in [2.05, 4.69) is 21.7 Å². The number of halogens is 1. The van der Waals surface area contributed by atoms with Crippen LogP contribution in [0.15, 0.2) is 53.8 Å². The number of imidazole rings is 1. The lowest BCUT2D eigenvalue weighted by atomic mass is 10.2. The number of rotatable bonds is 3. The smallest absolute Gasteiger partial charge is 0.258 e. The first-order chi connectivity index (χ1) is 12.1. The molecule has 126 valence electrons. The largest absolute Gasteiger partial charge is 0.364 e. The molecule has 0 spiro atoms. The van der Waals surface area contributed by atoms with E-state index in [1.165, 1.54) is 11.8 Å². The maximum atomic E-state index is 12.2. The third kappa shape index (κ3) is 3.23. The summed E-state index contributed by atoms with van der Waals surface area (Å²) in [5.74, 6) is -0.0854. The molecule has 7 heteroatoms. The molecule has 1 atom stereocenters. The maximum absolute atomic E-state index is 12.2. The summed E-state index contributed by atoms with van der Waals surface area (Å²) in [6.07, 6.45) is 3.75. The van der Waals surface area contributed by atoms with Gasteiger partial charge in [0.15, 0.2) is 5.37 Å². The predicted octanol–water partition coefficient (Wildman–Crippen LogP) is 3.83.